The Morgan fingerprint density at radius 2 is 1.89 bits per heavy atom. The molecule has 2 aromatic rings. The summed E-state index contributed by atoms with van der Waals surface area (Å²) in [6, 6.07) is 8.16. The van der Waals surface area contributed by atoms with E-state index in [0.29, 0.717) is 24.7 Å². The van der Waals surface area contributed by atoms with Gasteiger partial charge in [0.05, 0.1) is 5.02 Å². The summed E-state index contributed by atoms with van der Waals surface area (Å²) in [7, 11) is -3.67. The van der Waals surface area contributed by atoms with Gasteiger partial charge in [0.2, 0.25) is 10.0 Å². The Bertz CT molecular complexity index is 918. The molecule has 1 N–H and O–H groups in total. The zero-order valence-corrected chi connectivity index (χ0v) is 16.9. The number of aromatic amines is 1. The van der Waals surface area contributed by atoms with E-state index in [1.807, 2.05) is 0 Å². The molecule has 1 amide bonds. The third-order valence-corrected chi connectivity index (χ3v) is 6.86. The minimum Gasteiger partial charge on any atom is -0.335 e. The normalized spacial score (nSPS) is 16.1. The number of benzene rings is 1. The largest absolute Gasteiger partial charge is 0.335 e. The zero-order chi connectivity index (χ0) is 19.6. The van der Waals surface area contributed by atoms with Crippen molar-refractivity contribution in [2.45, 2.75) is 25.2 Å². The Kier molecular flexibility index (Phi) is 5.88. The molecule has 1 aromatic carbocycles. The molecule has 1 aromatic heterocycles. The second-order valence-corrected chi connectivity index (χ2v) is 9.32. The fraction of sp³-hybridized carbons (Fsp3) is 0.444. The lowest BCUT2D eigenvalue weighted by Gasteiger charge is -2.33. The molecule has 0 radical (unpaired) electrons. The lowest BCUT2D eigenvalue weighted by atomic mass is 10.1. The molecule has 3 rings (SSSR count). The number of carbonyl (C=O) groups excluding carboxylic acids is 1. The molecule has 7 nitrogen and oxygen atoms in total. The Morgan fingerprint density at radius 3 is 2.52 bits per heavy atom. The molecule has 0 unspecified atom stereocenters. The molecule has 0 atom stereocenters. The van der Waals surface area contributed by atoms with Crippen LogP contribution < -0.4 is 0 Å². The molecule has 0 saturated carbocycles. The number of rotatable bonds is 5. The van der Waals surface area contributed by atoms with Crippen LogP contribution in [0.15, 0.2) is 35.2 Å². The van der Waals surface area contributed by atoms with Crippen molar-refractivity contribution in [3.63, 3.8) is 0 Å². The number of piperazine rings is 1. The van der Waals surface area contributed by atoms with Crippen LogP contribution in [0.5, 0.6) is 0 Å². The average molecular weight is 411 g/mol. The predicted molar refractivity (Wildman–Crippen MR) is 103 cm³/mol. The van der Waals surface area contributed by atoms with Crippen LogP contribution in [0.3, 0.4) is 0 Å². The van der Waals surface area contributed by atoms with Crippen LogP contribution in [0.2, 0.25) is 5.02 Å². The topological polar surface area (TPSA) is 86.4 Å². The number of carbonyl (C=O) groups is 1. The van der Waals surface area contributed by atoms with Gasteiger partial charge in [-0.3, -0.25) is 9.89 Å². The van der Waals surface area contributed by atoms with E-state index in [-0.39, 0.29) is 28.9 Å². The number of nitrogens with one attached hydrogen (secondary N) is 1. The number of hydrogen-bond donors (Lipinski definition) is 1. The predicted octanol–water partition coefficient (Wildman–Crippen LogP) is 2.41. The van der Waals surface area contributed by atoms with Crippen molar-refractivity contribution in [1.29, 1.82) is 0 Å². The Morgan fingerprint density at radius 1 is 1.22 bits per heavy atom. The van der Waals surface area contributed by atoms with E-state index in [0.717, 1.165) is 12.1 Å². The number of halogens is 1. The minimum atomic E-state index is -3.67. The highest BCUT2D eigenvalue weighted by molar-refractivity contribution is 7.89. The van der Waals surface area contributed by atoms with Gasteiger partial charge in [0.15, 0.2) is 0 Å². The second kappa shape index (κ2) is 8.00. The van der Waals surface area contributed by atoms with E-state index in [2.05, 4.69) is 24.0 Å². The summed E-state index contributed by atoms with van der Waals surface area (Å²) in [6.07, 6.45) is 0.824. The first-order chi connectivity index (χ1) is 12.8. The molecule has 2 heterocycles. The van der Waals surface area contributed by atoms with Crippen LogP contribution >= 0.6 is 11.6 Å². The van der Waals surface area contributed by atoms with E-state index in [1.165, 1.54) is 10.4 Å². The van der Waals surface area contributed by atoms with Gasteiger partial charge in [-0.15, -0.1) is 0 Å². The Balaban J connectivity index is 1.66. The van der Waals surface area contributed by atoms with E-state index >= 15 is 0 Å². The number of sulfonamides is 1. The van der Waals surface area contributed by atoms with Crippen LogP contribution in [0.4, 0.5) is 0 Å². The lowest BCUT2D eigenvalue weighted by Crippen LogP contribution is -2.50. The van der Waals surface area contributed by atoms with Crippen LogP contribution in [0.25, 0.3) is 0 Å². The summed E-state index contributed by atoms with van der Waals surface area (Å²) in [6.45, 7) is 5.27. The van der Waals surface area contributed by atoms with Crippen LogP contribution in [0, 0.1) is 5.92 Å². The standard InChI is InChI=1S/C18H23ClN4O3S/c1-13(2)11-14-12-16(21-20-14)18(24)22-7-9-23(10-8-22)27(25,26)17-6-4-3-5-15(17)19/h3-6,12-13H,7-11H2,1-2H3,(H,20,21). The molecular formula is C18H23ClN4O3S. The molecule has 1 saturated heterocycles. The van der Waals surface area contributed by atoms with Gasteiger partial charge in [-0.1, -0.05) is 37.6 Å². The number of aromatic nitrogens is 2. The van der Waals surface area contributed by atoms with Crippen molar-refractivity contribution in [1.82, 2.24) is 19.4 Å². The quantitative estimate of drug-likeness (QED) is 0.820. The summed E-state index contributed by atoms with van der Waals surface area (Å²) in [5.41, 5.74) is 1.29. The molecule has 1 aliphatic rings. The van der Waals surface area contributed by atoms with E-state index < -0.39 is 10.0 Å². The first-order valence-corrected chi connectivity index (χ1v) is 10.7. The van der Waals surface area contributed by atoms with Crippen molar-refractivity contribution in [3.05, 3.63) is 46.7 Å². The highest BCUT2D eigenvalue weighted by atomic mass is 35.5. The minimum absolute atomic E-state index is 0.0945. The maximum Gasteiger partial charge on any atom is 0.274 e. The second-order valence-electron chi connectivity index (χ2n) is 7.00. The average Bonchev–Trinajstić information content (AvgIpc) is 3.09. The van der Waals surface area contributed by atoms with Gasteiger partial charge in [0.25, 0.3) is 5.91 Å². The molecule has 0 spiro atoms. The van der Waals surface area contributed by atoms with Gasteiger partial charge in [-0.05, 0) is 30.5 Å². The van der Waals surface area contributed by atoms with Crippen molar-refractivity contribution >= 4 is 27.5 Å². The van der Waals surface area contributed by atoms with Crippen LogP contribution in [-0.2, 0) is 16.4 Å². The van der Waals surface area contributed by atoms with Gasteiger partial charge < -0.3 is 4.90 Å². The van der Waals surface area contributed by atoms with Crippen LogP contribution in [-0.4, -0.2) is 59.9 Å². The molecule has 9 heteroatoms. The summed E-state index contributed by atoms with van der Waals surface area (Å²) < 4.78 is 26.9. The first-order valence-electron chi connectivity index (χ1n) is 8.87. The van der Waals surface area contributed by atoms with Gasteiger partial charge in [0, 0.05) is 31.9 Å². The van der Waals surface area contributed by atoms with Crippen molar-refractivity contribution in [3.8, 4) is 0 Å². The molecule has 0 bridgehead atoms. The fourth-order valence-corrected chi connectivity index (χ4v) is 5.02. The number of nitrogens with zero attached hydrogens (tertiary/aromatic N) is 3. The number of amides is 1. The van der Waals surface area contributed by atoms with Crippen LogP contribution in [0.1, 0.15) is 30.0 Å². The number of H-pyrrole nitrogens is 1. The Hall–Kier alpha value is -1.90. The highest BCUT2D eigenvalue weighted by Gasteiger charge is 2.32. The van der Waals surface area contributed by atoms with Gasteiger partial charge in [0.1, 0.15) is 10.6 Å². The first kappa shape index (κ1) is 19.9. The molecule has 27 heavy (non-hydrogen) atoms. The molecule has 146 valence electrons. The van der Waals surface area contributed by atoms with E-state index in [9.17, 15) is 13.2 Å². The van der Waals surface area contributed by atoms with Gasteiger partial charge >= 0.3 is 0 Å². The lowest BCUT2D eigenvalue weighted by molar-refractivity contribution is 0.0692. The SMILES string of the molecule is CC(C)Cc1cc(C(=O)N2CCN(S(=O)(=O)c3ccccc3Cl)CC2)n[nH]1. The van der Waals surface area contributed by atoms with Crippen molar-refractivity contribution in [2.75, 3.05) is 26.2 Å². The summed E-state index contributed by atoms with van der Waals surface area (Å²) in [4.78, 5) is 14.4. The monoisotopic (exact) mass is 410 g/mol. The summed E-state index contributed by atoms with van der Waals surface area (Å²) >= 11 is 6.04. The van der Waals surface area contributed by atoms with Crippen molar-refractivity contribution < 1.29 is 13.2 Å². The maximum absolute atomic E-state index is 12.8. The smallest absolute Gasteiger partial charge is 0.274 e. The third kappa shape index (κ3) is 4.34. The fourth-order valence-electron chi connectivity index (χ4n) is 3.10. The molecule has 1 aliphatic heterocycles. The van der Waals surface area contributed by atoms with Gasteiger partial charge in [-0.2, -0.15) is 9.40 Å². The zero-order valence-electron chi connectivity index (χ0n) is 15.4. The third-order valence-electron chi connectivity index (χ3n) is 4.46. The molecule has 1 fully saturated rings. The number of hydrogen-bond acceptors (Lipinski definition) is 4. The van der Waals surface area contributed by atoms with E-state index in [4.69, 9.17) is 11.6 Å². The van der Waals surface area contributed by atoms with Gasteiger partial charge in [-0.25, -0.2) is 8.42 Å². The summed E-state index contributed by atoms with van der Waals surface area (Å²) in [5, 5.41) is 7.20. The maximum atomic E-state index is 12.8. The molecular weight excluding hydrogens is 388 g/mol. The molecule has 0 aliphatic carbocycles. The van der Waals surface area contributed by atoms with Crippen molar-refractivity contribution in [2.24, 2.45) is 5.92 Å². The highest BCUT2D eigenvalue weighted by Crippen LogP contribution is 2.25. The Labute approximate surface area is 164 Å². The van der Waals surface area contributed by atoms with E-state index in [1.54, 1.807) is 29.2 Å². The summed E-state index contributed by atoms with van der Waals surface area (Å²) in [5.74, 6) is 0.281.